The Hall–Kier alpha value is -4.03. The summed E-state index contributed by atoms with van der Waals surface area (Å²) in [5, 5.41) is 1.18. The lowest BCUT2D eigenvalue weighted by Crippen LogP contribution is -2.02. The van der Waals surface area contributed by atoms with Crippen molar-refractivity contribution in [3.05, 3.63) is 114 Å². The van der Waals surface area contributed by atoms with E-state index in [2.05, 4.69) is 46.7 Å². The van der Waals surface area contributed by atoms with Gasteiger partial charge >= 0.3 is 5.97 Å². The van der Waals surface area contributed by atoms with Gasteiger partial charge in [-0.1, -0.05) is 72.7 Å². The SMILES string of the molecule is O=C(C#Cc1ccccc1)OC/C=C/c1cc2ccccc2n1Cc1ccccc1. The van der Waals surface area contributed by atoms with Crippen molar-refractivity contribution in [3.8, 4) is 11.8 Å². The second-order valence-electron chi connectivity index (χ2n) is 6.82. The molecule has 0 aliphatic carbocycles. The van der Waals surface area contributed by atoms with Gasteiger partial charge in [-0.2, -0.15) is 0 Å². The molecule has 0 atom stereocenters. The van der Waals surface area contributed by atoms with Crippen LogP contribution in [0.1, 0.15) is 16.8 Å². The zero-order chi connectivity index (χ0) is 20.6. The number of carbonyl (C=O) groups is 1. The molecule has 4 rings (SSSR count). The van der Waals surface area contributed by atoms with E-state index in [4.69, 9.17) is 4.74 Å². The number of rotatable bonds is 5. The van der Waals surface area contributed by atoms with Crippen molar-refractivity contribution >= 4 is 22.9 Å². The molecular weight excluding hydrogens is 370 g/mol. The van der Waals surface area contributed by atoms with Gasteiger partial charge in [-0.05, 0) is 42.0 Å². The average molecular weight is 391 g/mol. The fourth-order valence-electron chi connectivity index (χ4n) is 3.29. The summed E-state index contributed by atoms with van der Waals surface area (Å²) in [5.41, 5.74) is 4.25. The second-order valence-corrected chi connectivity index (χ2v) is 6.82. The number of carbonyl (C=O) groups excluding carboxylic acids is 1. The highest BCUT2D eigenvalue weighted by Gasteiger charge is 2.07. The predicted octanol–water partition coefficient (Wildman–Crippen LogP) is 5.30. The monoisotopic (exact) mass is 391 g/mol. The zero-order valence-electron chi connectivity index (χ0n) is 16.5. The number of ether oxygens (including phenoxy) is 1. The van der Waals surface area contributed by atoms with E-state index in [1.165, 1.54) is 16.5 Å². The van der Waals surface area contributed by atoms with Crippen LogP contribution in [-0.4, -0.2) is 17.1 Å². The standard InChI is InChI=1S/C27H21NO2/c29-27(18-17-22-10-3-1-4-11-22)30-19-9-15-25-20-24-14-7-8-16-26(24)28(25)21-23-12-5-2-6-13-23/h1-16,20H,19,21H2/b15-9+. The highest BCUT2D eigenvalue weighted by molar-refractivity contribution is 5.89. The minimum atomic E-state index is -0.534. The number of benzene rings is 3. The molecule has 0 saturated heterocycles. The van der Waals surface area contributed by atoms with Crippen molar-refractivity contribution in [2.45, 2.75) is 6.54 Å². The number of fused-ring (bicyclic) bond motifs is 1. The van der Waals surface area contributed by atoms with Gasteiger partial charge in [0, 0.05) is 34.6 Å². The molecule has 3 nitrogen and oxygen atoms in total. The van der Waals surface area contributed by atoms with Gasteiger partial charge < -0.3 is 9.30 Å². The second kappa shape index (κ2) is 9.45. The van der Waals surface area contributed by atoms with Gasteiger partial charge in [0.15, 0.2) is 0 Å². The van der Waals surface area contributed by atoms with Crippen LogP contribution in [0.4, 0.5) is 0 Å². The van der Waals surface area contributed by atoms with E-state index in [0.717, 1.165) is 17.8 Å². The van der Waals surface area contributed by atoms with Crippen LogP contribution in [0.2, 0.25) is 0 Å². The molecule has 0 bridgehead atoms. The lowest BCUT2D eigenvalue weighted by molar-refractivity contribution is -0.135. The molecule has 1 heterocycles. The molecule has 0 N–H and O–H groups in total. The molecule has 0 amide bonds. The molecule has 3 heteroatoms. The first-order valence-corrected chi connectivity index (χ1v) is 9.82. The van der Waals surface area contributed by atoms with Gasteiger partial charge in [0.1, 0.15) is 6.61 Å². The van der Waals surface area contributed by atoms with E-state index in [-0.39, 0.29) is 6.61 Å². The van der Waals surface area contributed by atoms with Crippen molar-refractivity contribution in [1.82, 2.24) is 4.57 Å². The third-order valence-corrected chi connectivity index (χ3v) is 4.71. The molecule has 0 fully saturated rings. The molecule has 4 aromatic rings. The average Bonchev–Trinajstić information content (AvgIpc) is 3.14. The number of hydrogen-bond donors (Lipinski definition) is 0. The molecule has 0 spiro atoms. The lowest BCUT2D eigenvalue weighted by atomic mass is 10.2. The normalized spacial score (nSPS) is 10.7. The molecule has 3 aromatic carbocycles. The smallest absolute Gasteiger partial charge is 0.385 e. The third-order valence-electron chi connectivity index (χ3n) is 4.71. The van der Waals surface area contributed by atoms with Gasteiger partial charge in [0.05, 0.1) is 0 Å². The Morgan fingerprint density at radius 1 is 0.900 bits per heavy atom. The largest absolute Gasteiger partial charge is 0.452 e. The minimum absolute atomic E-state index is 0.176. The summed E-state index contributed by atoms with van der Waals surface area (Å²) in [5.74, 6) is 4.78. The summed E-state index contributed by atoms with van der Waals surface area (Å²) in [6.45, 7) is 0.950. The first-order chi connectivity index (χ1) is 14.8. The van der Waals surface area contributed by atoms with E-state index < -0.39 is 5.97 Å². The number of esters is 1. The maximum absolute atomic E-state index is 11.8. The van der Waals surface area contributed by atoms with Crippen LogP contribution >= 0.6 is 0 Å². The molecule has 0 aliphatic rings. The van der Waals surface area contributed by atoms with Crippen molar-refractivity contribution in [3.63, 3.8) is 0 Å². The number of nitrogens with zero attached hydrogens (tertiary/aromatic N) is 1. The molecule has 0 radical (unpaired) electrons. The van der Waals surface area contributed by atoms with Crippen molar-refractivity contribution in [2.24, 2.45) is 0 Å². The molecule has 0 saturated carbocycles. The first kappa shape index (κ1) is 19.3. The fourth-order valence-corrected chi connectivity index (χ4v) is 3.29. The maximum atomic E-state index is 11.8. The van der Waals surface area contributed by atoms with Crippen LogP contribution in [-0.2, 0) is 16.1 Å². The van der Waals surface area contributed by atoms with E-state index in [1.54, 1.807) is 0 Å². The van der Waals surface area contributed by atoms with Crippen LogP contribution in [0.5, 0.6) is 0 Å². The molecule has 0 unspecified atom stereocenters. The van der Waals surface area contributed by atoms with Crippen molar-refractivity contribution in [2.75, 3.05) is 6.61 Å². The highest BCUT2D eigenvalue weighted by atomic mass is 16.5. The summed E-state index contributed by atoms with van der Waals surface area (Å²) in [6, 6.07) is 30.2. The number of para-hydroxylation sites is 1. The fraction of sp³-hybridized carbons (Fsp3) is 0.0741. The molecular formula is C27H21NO2. The molecule has 146 valence electrons. The van der Waals surface area contributed by atoms with Crippen molar-refractivity contribution in [1.29, 1.82) is 0 Å². The minimum Gasteiger partial charge on any atom is -0.452 e. The number of aromatic nitrogens is 1. The van der Waals surface area contributed by atoms with E-state index >= 15 is 0 Å². The quantitative estimate of drug-likeness (QED) is 0.342. The maximum Gasteiger partial charge on any atom is 0.385 e. The Bertz CT molecular complexity index is 1230. The van der Waals surface area contributed by atoms with Gasteiger partial charge in [-0.3, -0.25) is 0 Å². The van der Waals surface area contributed by atoms with E-state index in [0.29, 0.717) is 0 Å². The van der Waals surface area contributed by atoms with Crippen molar-refractivity contribution < 1.29 is 9.53 Å². The third kappa shape index (κ3) is 4.87. The highest BCUT2D eigenvalue weighted by Crippen LogP contribution is 2.22. The van der Waals surface area contributed by atoms with Crippen LogP contribution in [0.15, 0.2) is 97.1 Å². The molecule has 1 aromatic heterocycles. The predicted molar refractivity (Wildman–Crippen MR) is 121 cm³/mol. The first-order valence-electron chi connectivity index (χ1n) is 9.82. The van der Waals surface area contributed by atoms with Crippen LogP contribution in [0, 0.1) is 11.8 Å². The zero-order valence-corrected chi connectivity index (χ0v) is 16.5. The van der Waals surface area contributed by atoms with E-state index in [1.807, 2.05) is 72.8 Å². The Morgan fingerprint density at radius 2 is 1.60 bits per heavy atom. The Labute approximate surface area is 176 Å². The Morgan fingerprint density at radius 3 is 2.40 bits per heavy atom. The van der Waals surface area contributed by atoms with Crippen LogP contribution in [0.3, 0.4) is 0 Å². The molecule has 30 heavy (non-hydrogen) atoms. The summed E-state index contributed by atoms with van der Waals surface area (Å²) >= 11 is 0. The van der Waals surface area contributed by atoms with Crippen LogP contribution < -0.4 is 0 Å². The molecule has 0 aliphatic heterocycles. The van der Waals surface area contributed by atoms with Gasteiger partial charge in [-0.25, -0.2) is 4.79 Å². The van der Waals surface area contributed by atoms with E-state index in [9.17, 15) is 4.79 Å². The summed E-state index contributed by atoms with van der Waals surface area (Å²) in [7, 11) is 0. The van der Waals surface area contributed by atoms with Gasteiger partial charge in [0.2, 0.25) is 0 Å². The van der Waals surface area contributed by atoms with Gasteiger partial charge in [0.25, 0.3) is 0 Å². The Kier molecular flexibility index (Phi) is 6.08. The van der Waals surface area contributed by atoms with Gasteiger partial charge in [-0.15, -0.1) is 0 Å². The number of hydrogen-bond acceptors (Lipinski definition) is 2. The summed E-state index contributed by atoms with van der Waals surface area (Å²) in [4.78, 5) is 11.8. The topological polar surface area (TPSA) is 31.2 Å². The Balaban J connectivity index is 1.45. The lowest BCUT2D eigenvalue weighted by Gasteiger charge is -2.09. The summed E-state index contributed by atoms with van der Waals surface area (Å²) < 4.78 is 7.47. The van der Waals surface area contributed by atoms with Crippen LogP contribution in [0.25, 0.3) is 17.0 Å². The summed E-state index contributed by atoms with van der Waals surface area (Å²) in [6.07, 6.45) is 3.83.